The monoisotopic (exact) mass is 402 g/mol. The molecular formula is C22H30O5Si. The van der Waals surface area contributed by atoms with Crippen molar-refractivity contribution in [3.05, 3.63) is 60.7 Å². The van der Waals surface area contributed by atoms with Crippen molar-refractivity contribution in [2.45, 2.75) is 57.3 Å². The van der Waals surface area contributed by atoms with E-state index in [-0.39, 0.29) is 12.8 Å². The summed E-state index contributed by atoms with van der Waals surface area (Å²) >= 11 is 0. The van der Waals surface area contributed by atoms with E-state index in [4.69, 9.17) is 4.43 Å². The van der Waals surface area contributed by atoms with Gasteiger partial charge in [0.25, 0.3) is 0 Å². The van der Waals surface area contributed by atoms with Crippen molar-refractivity contribution in [2.75, 3.05) is 0 Å². The van der Waals surface area contributed by atoms with Crippen LogP contribution >= 0.6 is 0 Å². The SMILES string of the molecule is CCCCC(O[SiH](c1ccccc1)c1ccccc1)(C(=O)O)C(O)CC(C)O. The number of aliphatic carboxylic acids is 1. The summed E-state index contributed by atoms with van der Waals surface area (Å²) in [7, 11) is -2.40. The summed E-state index contributed by atoms with van der Waals surface area (Å²) in [6.45, 7) is 3.51. The van der Waals surface area contributed by atoms with Crippen molar-refractivity contribution in [1.29, 1.82) is 0 Å². The molecule has 0 amide bonds. The minimum Gasteiger partial charge on any atom is -0.479 e. The maximum atomic E-state index is 12.4. The predicted octanol–water partition coefficient (Wildman–Crippen LogP) is 1.69. The summed E-state index contributed by atoms with van der Waals surface area (Å²) in [5, 5.41) is 32.6. The lowest BCUT2D eigenvalue weighted by molar-refractivity contribution is -0.170. The molecule has 2 aromatic rings. The minimum atomic E-state index is -2.40. The first-order valence-electron chi connectivity index (χ1n) is 9.78. The fourth-order valence-electron chi connectivity index (χ4n) is 3.35. The first-order valence-corrected chi connectivity index (χ1v) is 11.4. The number of aliphatic hydroxyl groups is 2. The van der Waals surface area contributed by atoms with Crippen LogP contribution in [0.15, 0.2) is 60.7 Å². The van der Waals surface area contributed by atoms with Crippen LogP contribution in [-0.4, -0.2) is 48.1 Å². The molecule has 0 fully saturated rings. The van der Waals surface area contributed by atoms with E-state index in [9.17, 15) is 20.1 Å². The van der Waals surface area contributed by atoms with Gasteiger partial charge in [-0.3, -0.25) is 0 Å². The molecular weight excluding hydrogens is 372 g/mol. The van der Waals surface area contributed by atoms with Crippen LogP contribution in [0.2, 0.25) is 0 Å². The van der Waals surface area contributed by atoms with Crippen LogP contribution < -0.4 is 10.4 Å². The average Bonchev–Trinajstić information content (AvgIpc) is 2.69. The van der Waals surface area contributed by atoms with Crippen LogP contribution in [0.3, 0.4) is 0 Å². The number of carbonyl (C=O) groups is 1. The average molecular weight is 403 g/mol. The van der Waals surface area contributed by atoms with Gasteiger partial charge in [-0.05, 0) is 23.7 Å². The molecule has 0 bridgehead atoms. The van der Waals surface area contributed by atoms with Crippen molar-refractivity contribution in [2.24, 2.45) is 0 Å². The van der Waals surface area contributed by atoms with E-state index < -0.39 is 32.8 Å². The molecule has 3 atom stereocenters. The topological polar surface area (TPSA) is 87.0 Å². The molecule has 28 heavy (non-hydrogen) atoms. The molecule has 5 nitrogen and oxygen atoms in total. The zero-order valence-corrected chi connectivity index (χ0v) is 17.6. The molecule has 0 aliphatic rings. The van der Waals surface area contributed by atoms with Gasteiger partial charge in [0.15, 0.2) is 5.60 Å². The molecule has 0 aliphatic heterocycles. The molecule has 0 saturated heterocycles. The molecule has 0 aromatic heterocycles. The molecule has 3 unspecified atom stereocenters. The summed E-state index contributed by atoms with van der Waals surface area (Å²) in [5.74, 6) is -1.18. The van der Waals surface area contributed by atoms with Crippen molar-refractivity contribution < 1.29 is 24.5 Å². The summed E-state index contributed by atoms with van der Waals surface area (Å²) < 4.78 is 6.41. The number of benzene rings is 2. The van der Waals surface area contributed by atoms with E-state index in [1.165, 1.54) is 0 Å². The summed E-state index contributed by atoms with van der Waals surface area (Å²) in [6.07, 6.45) is -0.612. The second-order valence-electron chi connectivity index (χ2n) is 7.22. The normalized spacial score (nSPS) is 15.8. The van der Waals surface area contributed by atoms with Gasteiger partial charge in [0.1, 0.15) is 0 Å². The molecule has 6 heteroatoms. The lowest BCUT2D eigenvalue weighted by Crippen LogP contribution is -2.60. The van der Waals surface area contributed by atoms with E-state index in [1.54, 1.807) is 6.92 Å². The third kappa shape index (κ3) is 5.51. The Balaban J connectivity index is 2.50. The Morgan fingerprint density at radius 1 is 1.04 bits per heavy atom. The zero-order valence-electron chi connectivity index (χ0n) is 16.5. The molecule has 2 rings (SSSR count). The lowest BCUT2D eigenvalue weighted by Gasteiger charge is -2.38. The Morgan fingerprint density at radius 2 is 1.54 bits per heavy atom. The van der Waals surface area contributed by atoms with Gasteiger partial charge >= 0.3 is 5.97 Å². The van der Waals surface area contributed by atoms with Crippen LogP contribution in [0.1, 0.15) is 39.5 Å². The molecule has 0 radical (unpaired) electrons. The molecule has 0 heterocycles. The number of carboxylic acids is 1. The second kappa shape index (κ2) is 10.5. The number of unbranched alkanes of at least 4 members (excludes halogenated alkanes) is 1. The Morgan fingerprint density at radius 3 is 1.93 bits per heavy atom. The molecule has 3 N–H and O–H groups in total. The first-order chi connectivity index (χ1) is 13.4. The standard InChI is InChI=1S/C22H30O5Si/c1-3-4-15-22(21(25)26,20(24)16-17(2)23)27-28(18-11-7-5-8-12-18)19-13-9-6-10-14-19/h5-14,17,20,23-24,28H,3-4,15-16H2,1-2H3,(H,25,26). The number of rotatable bonds is 11. The zero-order chi connectivity index (χ0) is 20.6. The van der Waals surface area contributed by atoms with E-state index in [0.717, 1.165) is 16.8 Å². The highest BCUT2D eigenvalue weighted by molar-refractivity contribution is 6.80. The van der Waals surface area contributed by atoms with E-state index in [2.05, 4.69) is 0 Å². The van der Waals surface area contributed by atoms with Gasteiger partial charge in [0.05, 0.1) is 12.2 Å². The third-order valence-electron chi connectivity index (χ3n) is 4.90. The number of hydrogen-bond acceptors (Lipinski definition) is 4. The lowest BCUT2D eigenvalue weighted by atomic mass is 9.87. The molecule has 0 spiro atoms. The maximum absolute atomic E-state index is 12.4. The van der Waals surface area contributed by atoms with Gasteiger partial charge in [-0.2, -0.15) is 0 Å². The van der Waals surface area contributed by atoms with E-state index in [0.29, 0.717) is 6.42 Å². The van der Waals surface area contributed by atoms with Crippen molar-refractivity contribution >= 4 is 25.4 Å². The van der Waals surface area contributed by atoms with Crippen molar-refractivity contribution in [1.82, 2.24) is 0 Å². The van der Waals surface area contributed by atoms with Crippen LogP contribution in [0, 0.1) is 0 Å². The van der Waals surface area contributed by atoms with Gasteiger partial charge < -0.3 is 19.7 Å². The van der Waals surface area contributed by atoms with Gasteiger partial charge in [0.2, 0.25) is 9.04 Å². The highest BCUT2D eigenvalue weighted by Crippen LogP contribution is 2.28. The van der Waals surface area contributed by atoms with Gasteiger partial charge in [-0.25, -0.2) is 4.79 Å². The second-order valence-corrected chi connectivity index (χ2v) is 9.55. The molecule has 0 aliphatic carbocycles. The molecule has 0 saturated carbocycles. The van der Waals surface area contributed by atoms with Crippen LogP contribution in [0.25, 0.3) is 0 Å². The van der Waals surface area contributed by atoms with Crippen LogP contribution in [-0.2, 0) is 9.22 Å². The fraction of sp³-hybridized carbons (Fsp3) is 0.409. The Bertz CT molecular complexity index is 683. The van der Waals surface area contributed by atoms with Gasteiger partial charge in [-0.1, -0.05) is 80.4 Å². The number of aliphatic hydroxyl groups excluding tert-OH is 2. The van der Waals surface area contributed by atoms with E-state index in [1.807, 2.05) is 67.6 Å². The minimum absolute atomic E-state index is 0.0548. The quantitative estimate of drug-likeness (QED) is 0.498. The van der Waals surface area contributed by atoms with Crippen molar-refractivity contribution in [3.63, 3.8) is 0 Å². The smallest absolute Gasteiger partial charge is 0.337 e. The number of hydrogen-bond donors (Lipinski definition) is 3. The highest BCUT2D eigenvalue weighted by Gasteiger charge is 2.48. The van der Waals surface area contributed by atoms with Gasteiger partial charge in [-0.15, -0.1) is 0 Å². The Kier molecular flexibility index (Phi) is 8.38. The van der Waals surface area contributed by atoms with E-state index >= 15 is 0 Å². The van der Waals surface area contributed by atoms with Crippen LogP contribution in [0.4, 0.5) is 0 Å². The highest BCUT2D eigenvalue weighted by atomic mass is 28.3. The summed E-state index contributed by atoms with van der Waals surface area (Å²) in [4.78, 5) is 12.4. The summed E-state index contributed by atoms with van der Waals surface area (Å²) in [5.41, 5.74) is -1.75. The Labute approximate surface area is 168 Å². The summed E-state index contributed by atoms with van der Waals surface area (Å²) in [6, 6.07) is 19.2. The third-order valence-corrected chi connectivity index (χ3v) is 7.54. The predicted molar refractivity (Wildman–Crippen MR) is 113 cm³/mol. The van der Waals surface area contributed by atoms with Gasteiger partial charge in [0, 0.05) is 6.42 Å². The Hall–Kier alpha value is -1.99. The molecule has 152 valence electrons. The number of carboxylic acid groups (broad SMARTS) is 1. The van der Waals surface area contributed by atoms with Crippen LogP contribution in [0.5, 0.6) is 0 Å². The van der Waals surface area contributed by atoms with Crippen molar-refractivity contribution in [3.8, 4) is 0 Å². The maximum Gasteiger partial charge on any atom is 0.337 e. The molecule has 2 aromatic carbocycles. The first kappa shape index (κ1) is 22.3. The largest absolute Gasteiger partial charge is 0.479 e. The fourth-order valence-corrected chi connectivity index (χ4v) is 5.95.